The average molecular weight is 372 g/mol. The monoisotopic (exact) mass is 371 g/mol. The quantitative estimate of drug-likeness (QED) is 0.604. The van der Waals surface area contributed by atoms with E-state index in [1.165, 1.54) is 18.9 Å². The largest absolute Gasteiger partial charge is 0.312 e. The fraction of sp³-hybridized carbons (Fsp3) is 0.591. The van der Waals surface area contributed by atoms with E-state index in [0.717, 1.165) is 30.1 Å². The van der Waals surface area contributed by atoms with Crippen molar-refractivity contribution in [2.45, 2.75) is 78.2 Å². The summed E-state index contributed by atoms with van der Waals surface area (Å²) >= 11 is 0. The Morgan fingerprint density at radius 1 is 1.15 bits per heavy atom. The highest BCUT2D eigenvalue weighted by molar-refractivity contribution is 5.78. The highest BCUT2D eigenvalue weighted by Gasteiger charge is 2.29. The van der Waals surface area contributed by atoms with Crippen LogP contribution in [0.1, 0.15) is 74.8 Å². The maximum atomic E-state index is 13.6. The number of halogens is 1. The molecule has 0 spiro atoms. The molecule has 3 rings (SSSR count). The maximum absolute atomic E-state index is 13.6. The highest BCUT2D eigenvalue weighted by Crippen LogP contribution is 2.37. The number of rotatable bonds is 10. The SMILES string of the molecule is Cc1c(F)cccc1CCC(=O)CCc1nnc(CCC(C)C)n1C1CC1. The molecule has 1 saturated carbocycles. The van der Waals surface area contributed by atoms with Crippen LogP contribution in [-0.4, -0.2) is 20.5 Å². The zero-order valence-electron chi connectivity index (χ0n) is 16.7. The number of carbonyl (C=O) groups is 1. The lowest BCUT2D eigenvalue weighted by Crippen LogP contribution is -2.10. The topological polar surface area (TPSA) is 47.8 Å². The van der Waals surface area contributed by atoms with E-state index in [9.17, 15) is 9.18 Å². The minimum Gasteiger partial charge on any atom is -0.312 e. The van der Waals surface area contributed by atoms with Gasteiger partial charge in [0.25, 0.3) is 0 Å². The summed E-state index contributed by atoms with van der Waals surface area (Å²) in [5.41, 5.74) is 1.56. The first-order valence-electron chi connectivity index (χ1n) is 10.1. The van der Waals surface area contributed by atoms with Crippen LogP contribution in [0.4, 0.5) is 4.39 Å². The van der Waals surface area contributed by atoms with Crippen LogP contribution in [0.2, 0.25) is 0 Å². The maximum Gasteiger partial charge on any atom is 0.133 e. The van der Waals surface area contributed by atoms with E-state index in [1.54, 1.807) is 13.0 Å². The van der Waals surface area contributed by atoms with Gasteiger partial charge in [-0.15, -0.1) is 10.2 Å². The van der Waals surface area contributed by atoms with Crippen molar-refractivity contribution in [2.75, 3.05) is 0 Å². The standard InChI is InChI=1S/C22H30FN3O/c1-15(2)7-13-21-24-25-22(26(21)18-9-10-18)14-12-19(27)11-8-17-5-4-6-20(23)16(17)3/h4-6,15,18H,7-14H2,1-3H3. The predicted molar refractivity (Wildman–Crippen MR) is 104 cm³/mol. The minimum atomic E-state index is -0.202. The van der Waals surface area contributed by atoms with Gasteiger partial charge in [-0.1, -0.05) is 26.0 Å². The lowest BCUT2D eigenvalue weighted by atomic mass is 10.0. The molecule has 0 bridgehead atoms. The molecule has 0 atom stereocenters. The first kappa shape index (κ1) is 19.7. The molecule has 0 saturated heterocycles. The molecule has 1 aliphatic rings. The van der Waals surface area contributed by atoms with Crippen molar-refractivity contribution < 1.29 is 9.18 Å². The van der Waals surface area contributed by atoms with Crippen LogP contribution in [-0.2, 0) is 24.1 Å². The number of carbonyl (C=O) groups excluding carboxylic acids is 1. The Morgan fingerprint density at radius 3 is 2.48 bits per heavy atom. The minimum absolute atomic E-state index is 0.202. The molecule has 27 heavy (non-hydrogen) atoms. The van der Waals surface area contributed by atoms with Crippen LogP contribution < -0.4 is 0 Å². The molecule has 1 aromatic carbocycles. The Bertz CT molecular complexity index is 793. The molecule has 4 nitrogen and oxygen atoms in total. The van der Waals surface area contributed by atoms with E-state index in [0.29, 0.717) is 43.2 Å². The van der Waals surface area contributed by atoms with E-state index in [4.69, 9.17) is 0 Å². The van der Waals surface area contributed by atoms with Crippen LogP contribution >= 0.6 is 0 Å². The number of aromatic nitrogens is 3. The second-order valence-electron chi connectivity index (χ2n) is 8.13. The van der Waals surface area contributed by atoms with Crippen LogP contribution in [0.5, 0.6) is 0 Å². The fourth-order valence-electron chi connectivity index (χ4n) is 3.45. The summed E-state index contributed by atoms with van der Waals surface area (Å²) < 4.78 is 15.9. The fourth-order valence-corrected chi connectivity index (χ4v) is 3.45. The van der Waals surface area contributed by atoms with Gasteiger partial charge in [0.15, 0.2) is 0 Å². The van der Waals surface area contributed by atoms with Gasteiger partial charge in [-0.25, -0.2) is 4.39 Å². The van der Waals surface area contributed by atoms with Crippen molar-refractivity contribution in [3.63, 3.8) is 0 Å². The normalized spacial score (nSPS) is 14.1. The molecular formula is C22H30FN3O. The Balaban J connectivity index is 1.55. The second kappa shape index (κ2) is 8.77. The summed E-state index contributed by atoms with van der Waals surface area (Å²) in [6.45, 7) is 6.21. The zero-order valence-corrected chi connectivity index (χ0v) is 16.7. The van der Waals surface area contributed by atoms with E-state index in [-0.39, 0.29) is 11.6 Å². The third-order valence-electron chi connectivity index (χ3n) is 5.37. The molecule has 1 fully saturated rings. The van der Waals surface area contributed by atoms with Gasteiger partial charge in [-0.3, -0.25) is 4.79 Å². The van der Waals surface area contributed by atoms with Crippen LogP contribution in [0.3, 0.4) is 0 Å². The van der Waals surface area contributed by atoms with Gasteiger partial charge in [0.05, 0.1) is 0 Å². The van der Waals surface area contributed by atoms with Gasteiger partial charge >= 0.3 is 0 Å². The average Bonchev–Trinajstić information content (AvgIpc) is 3.39. The van der Waals surface area contributed by atoms with E-state index >= 15 is 0 Å². The number of benzene rings is 1. The molecule has 0 amide bonds. The van der Waals surface area contributed by atoms with Gasteiger partial charge in [0.2, 0.25) is 0 Å². The highest BCUT2D eigenvalue weighted by atomic mass is 19.1. The number of aryl methyl sites for hydroxylation is 3. The van der Waals surface area contributed by atoms with E-state index in [1.807, 2.05) is 6.07 Å². The van der Waals surface area contributed by atoms with Crippen molar-refractivity contribution in [1.82, 2.24) is 14.8 Å². The van der Waals surface area contributed by atoms with Crippen molar-refractivity contribution in [1.29, 1.82) is 0 Å². The predicted octanol–water partition coefficient (Wildman–Crippen LogP) is 4.78. The molecule has 1 aliphatic carbocycles. The van der Waals surface area contributed by atoms with Crippen molar-refractivity contribution in [3.05, 3.63) is 46.8 Å². The summed E-state index contributed by atoms with van der Waals surface area (Å²) in [6, 6.07) is 5.60. The first-order valence-corrected chi connectivity index (χ1v) is 10.1. The number of nitrogens with zero attached hydrogens (tertiary/aromatic N) is 3. The molecule has 0 N–H and O–H groups in total. The molecular weight excluding hydrogens is 341 g/mol. The molecule has 2 aromatic rings. The third-order valence-corrected chi connectivity index (χ3v) is 5.37. The molecule has 1 aromatic heterocycles. The summed E-state index contributed by atoms with van der Waals surface area (Å²) in [6.07, 6.45) is 6.60. The smallest absolute Gasteiger partial charge is 0.133 e. The number of ketones is 1. The van der Waals surface area contributed by atoms with Crippen LogP contribution in [0.15, 0.2) is 18.2 Å². The van der Waals surface area contributed by atoms with E-state index < -0.39 is 0 Å². The Hall–Kier alpha value is -2.04. The third kappa shape index (κ3) is 5.24. The zero-order chi connectivity index (χ0) is 19.4. The van der Waals surface area contributed by atoms with Gasteiger partial charge in [-0.2, -0.15) is 0 Å². The Labute approximate surface area is 161 Å². The lowest BCUT2D eigenvalue weighted by Gasteiger charge is -2.10. The lowest BCUT2D eigenvalue weighted by molar-refractivity contribution is -0.119. The molecule has 5 heteroatoms. The van der Waals surface area contributed by atoms with Gasteiger partial charge in [0, 0.05) is 31.7 Å². The van der Waals surface area contributed by atoms with Gasteiger partial charge in [-0.05, 0) is 55.7 Å². The Morgan fingerprint density at radius 2 is 1.81 bits per heavy atom. The summed E-state index contributed by atoms with van der Waals surface area (Å²) in [5, 5.41) is 8.78. The molecule has 0 radical (unpaired) electrons. The molecule has 146 valence electrons. The summed E-state index contributed by atoms with van der Waals surface area (Å²) in [4.78, 5) is 12.4. The van der Waals surface area contributed by atoms with Gasteiger partial charge in [0.1, 0.15) is 23.2 Å². The van der Waals surface area contributed by atoms with Crippen LogP contribution in [0.25, 0.3) is 0 Å². The van der Waals surface area contributed by atoms with Gasteiger partial charge < -0.3 is 4.57 Å². The number of hydrogen-bond acceptors (Lipinski definition) is 3. The van der Waals surface area contributed by atoms with Crippen LogP contribution in [0, 0.1) is 18.7 Å². The molecule has 0 unspecified atom stereocenters. The first-order chi connectivity index (χ1) is 13.0. The van der Waals surface area contributed by atoms with E-state index in [2.05, 4.69) is 28.6 Å². The molecule has 1 heterocycles. The molecule has 0 aliphatic heterocycles. The summed E-state index contributed by atoms with van der Waals surface area (Å²) in [7, 11) is 0. The van der Waals surface area contributed by atoms with Crippen molar-refractivity contribution in [3.8, 4) is 0 Å². The van der Waals surface area contributed by atoms with Crippen molar-refractivity contribution >= 4 is 5.78 Å². The van der Waals surface area contributed by atoms with Crippen molar-refractivity contribution in [2.24, 2.45) is 5.92 Å². The second-order valence-corrected chi connectivity index (χ2v) is 8.13. The number of hydrogen-bond donors (Lipinski definition) is 0. The summed E-state index contributed by atoms with van der Waals surface area (Å²) in [5.74, 6) is 2.67. The number of Topliss-reactive ketones (excluding diaryl/α,β-unsaturated/α-hetero) is 1. The Kier molecular flexibility index (Phi) is 6.40.